The summed E-state index contributed by atoms with van der Waals surface area (Å²) in [6.45, 7) is 3.89. The van der Waals surface area contributed by atoms with Crippen LogP contribution in [-0.2, 0) is 19.1 Å². The summed E-state index contributed by atoms with van der Waals surface area (Å²) in [5.74, 6) is -0.0816. The fraction of sp³-hybridized carbons (Fsp3) is 0.824. The molecule has 0 spiro atoms. The summed E-state index contributed by atoms with van der Waals surface area (Å²) in [6, 6.07) is -1.82. The molecule has 168 valence electrons. The number of thioether (sulfide) groups is 2. The van der Waals surface area contributed by atoms with Gasteiger partial charge in [-0.05, 0) is 49.2 Å². The molecule has 3 atom stereocenters. The number of rotatable bonds is 11. The highest BCUT2D eigenvalue weighted by atomic mass is 32.2. The first-order valence-corrected chi connectivity index (χ1v) is 11.5. The molecule has 0 aromatic carbocycles. The quantitative estimate of drug-likeness (QED) is 0.285. The summed E-state index contributed by atoms with van der Waals surface area (Å²) in [7, 11) is 1.35. The Morgan fingerprint density at radius 2 is 1.25 bits per heavy atom. The summed E-state index contributed by atoms with van der Waals surface area (Å²) < 4.78 is 4.44. The van der Waals surface area contributed by atoms with Crippen LogP contribution >= 0.6 is 23.5 Å². The molecule has 0 heterocycles. The van der Waals surface area contributed by atoms with Crippen molar-refractivity contribution < 1.29 is 29.3 Å². The molecule has 0 saturated carbocycles. The third-order valence-corrected chi connectivity index (χ3v) is 4.42. The van der Waals surface area contributed by atoms with Crippen LogP contribution in [0.2, 0.25) is 0 Å². The summed E-state index contributed by atoms with van der Waals surface area (Å²) >= 11 is 3.27. The summed E-state index contributed by atoms with van der Waals surface area (Å²) in [5.41, 5.74) is 15.8. The monoisotopic (exact) mass is 443 g/mol. The van der Waals surface area contributed by atoms with Crippen molar-refractivity contribution in [1.82, 2.24) is 0 Å². The molecular formula is C17H37N3O6S2. The predicted octanol–water partition coefficient (Wildman–Crippen LogP) is 0.836. The van der Waals surface area contributed by atoms with Gasteiger partial charge in [-0.1, -0.05) is 13.8 Å². The molecule has 9 nitrogen and oxygen atoms in total. The van der Waals surface area contributed by atoms with Crippen molar-refractivity contribution in [3.05, 3.63) is 0 Å². The number of carboxylic acids is 2. The normalized spacial score (nSPS) is 13.2. The minimum atomic E-state index is -0.913. The zero-order valence-electron chi connectivity index (χ0n) is 17.4. The Morgan fingerprint density at radius 3 is 1.50 bits per heavy atom. The second-order valence-electron chi connectivity index (χ2n) is 6.21. The first-order valence-electron chi connectivity index (χ1n) is 8.72. The van der Waals surface area contributed by atoms with E-state index in [1.165, 1.54) is 7.11 Å². The molecule has 0 rings (SSSR count). The Hall–Kier alpha value is -1.01. The standard InChI is InChI=1S/C6H13NO2S.C6H13NO2.C5H11NO2S/c1-9-6(8)5(7)3-4-10-2;1-4(2)3-5(7)6(8)9;1-9-3-2-4(6)5(7)8/h5H,3-4,7H2,1-2H3;4-5H,3,7H2,1-2H3,(H,8,9);4H,2-3,6H2,1H3,(H,7,8)/t2*5-;4-/m000/s1. The maximum absolute atomic E-state index is 10.7. The third-order valence-electron chi connectivity index (χ3n) is 3.13. The number of hydrogen-bond donors (Lipinski definition) is 5. The summed E-state index contributed by atoms with van der Waals surface area (Å²) in [5, 5.41) is 16.6. The number of aliphatic carboxylic acids is 2. The van der Waals surface area contributed by atoms with Gasteiger partial charge in [-0.2, -0.15) is 23.5 Å². The van der Waals surface area contributed by atoms with Crippen LogP contribution < -0.4 is 17.2 Å². The molecule has 0 saturated heterocycles. The van der Waals surface area contributed by atoms with Crippen molar-refractivity contribution in [2.24, 2.45) is 23.1 Å². The Labute approximate surface area is 176 Å². The van der Waals surface area contributed by atoms with Crippen LogP contribution in [0.4, 0.5) is 0 Å². The topological polar surface area (TPSA) is 179 Å². The van der Waals surface area contributed by atoms with Gasteiger partial charge in [0.15, 0.2) is 0 Å². The SMILES string of the molecule is CC(C)C[C@H](N)C(=O)O.COC(=O)[C@@H](N)CCSC.CSCC[C@H](N)C(=O)O. The number of ether oxygens (including phenoxy) is 1. The van der Waals surface area contributed by atoms with Crippen molar-refractivity contribution in [2.75, 3.05) is 31.1 Å². The molecule has 0 bridgehead atoms. The fourth-order valence-electron chi connectivity index (χ4n) is 1.49. The van der Waals surface area contributed by atoms with Crippen molar-refractivity contribution in [2.45, 2.75) is 51.2 Å². The van der Waals surface area contributed by atoms with E-state index in [9.17, 15) is 14.4 Å². The van der Waals surface area contributed by atoms with Crippen LogP contribution in [0.1, 0.15) is 33.1 Å². The van der Waals surface area contributed by atoms with Crippen molar-refractivity contribution in [3.63, 3.8) is 0 Å². The Kier molecular flexibility index (Phi) is 23.4. The Bertz CT molecular complexity index is 428. The zero-order valence-corrected chi connectivity index (χ0v) is 19.1. The molecule has 8 N–H and O–H groups in total. The number of carboxylic acid groups (broad SMARTS) is 2. The van der Waals surface area contributed by atoms with Gasteiger partial charge < -0.3 is 32.2 Å². The van der Waals surface area contributed by atoms with E-state index >= 15 is 0 Å². The van der Waals surface area contributed by atoms with Gasteiger partial charge in [0, 0.05) is 0 Å². The highest BCUT2D eigenvalue weighted by molar-refractivity contribution is 7.98. The van der Waals surface area contributed by atoms with Crippen molar-refractivity contribution in [1.29, 1.82) is 0 Å². The molecule has 28 heavy (non-hydrogen) atoms. The minimum Gasteiger partial charge on any atom is -0.480 e. The van der Waals surface area contributed by atoms with Gasteiger partial charge >= 0.3 is 17.9 Å². The molecule has 0 fully saturated rings. The number of carbonyl (C=O) groups is 3. The molecule has 0 aliphatic rings. The number of carbonyl (C=O) groups excluding carboxylic acids is 1. The Balaban J connectivity index is -0.000000336. The van der Waals surface area contributed by atoms with E-state index in [1.54, 1.807) is 23.5 Å². The first kappa shape index (κ1) is 31.7. The Morgan fingerprint density at radius 1 is 0.857 bits per heavy atom. The van der Waals surface area contributed by atoms with Gasteiger partial charge in [0.05, 0.1) is 7.11 Å². The van der Waals surface area contributed by atoms with Gasteiger partial charge in [-0.3, -0.25) is 14.4 Å². The van der Waals surface area contributed by atoms with Crippen LogP contribution in [0.5, 0.6) is 0 Å². The van der Waals surface area contributed by atoms with E-state index in [1.807, 2.05) is 26.4 Å². The number of methoxy groups -OCH3 is 1. The lowest BCUT2D eigenvalue weighted by atomic mass is 10.1. The van der Waals surface area contributed by atoms with Gasteiger partial charge in [-0.15, -0.1) is 0 Å². The lowest BCUT2D eigenvalue weighted by Crippen LogP contribution is -2.31. The van der Waals surface area contributed by atoms with Crippen molar-refractivity contribution >= 4 is 41.4 Å². The number of hydrogen-bond acceptors (Lipinski definition) is 9. The molecule has 0 aliphatic carbocycles. The molecule has 0 radical (unpaired) electrons. The van der Waals surface area contributed by atoms with Crippen molar-refractivity contribution in [3.8, 4) is 0 Å². The molecule has 0 aliphatic heterocycles. The van der Waals surface area contributed by atoms with Gasteiger partial charge in [0.2, 0.25) is 0 Å². The van der Waals surface area contributed by atoms with Crippen LogP contribution in [-0.4, -0.2) is 77.4 Å². The smallest absolute Gasteiger partial charge is 0.322 e. The highest BCUT2D eigenvalue weighted by Crippen LogP contribution is 2.01. The molecule has 0 aromatic rings. The van der Waals surface area contributed by atoms with Gasteiger partial charge in [-0.25, -0.2) is 0 Å². The second kappa shape index (κ2) is 20.7. The summed E-state index contributed by atoms with van der Waals surface area (Å²) in [4.78, 5) is 30.8. The average Bonchev–Trinajstić information content (AvgIpc) is 2.63. The first-order chi connectivity index (χ1) is 12.9. The molecule has 0 aromatic heterocycles. The molecular weight excluding hydrogens is 406 g/mol. The number of esters is 1. The molecule has 11 heteroatoms. The van der Waals surface area contributed by atoms with Gasteiger partial charge in [0.25, 0.3) is 0 Å². The van der Waals surface area contributed by atoms with Crippen LogP contribution in [0.3, 0.4) is 0 Å². The van der Waals surface area contributed by atoms with E-state index in [-0.39, 0.29) is 5.97 Å². The van der Waals surface area contributed by atoms with Gasteiger partial charge in [0.1, 0.15) is 18.1 Å². The zero-order chi connectivity index (χ0) is 22.7. The lowest BCUT2D eigenvalue weighted by molar-refractivity contribution is -0.142. The third kappa shape index (κ3) is 23.0. The van der Waals surface area contributed by atoms with Crippen LogP contribution in [0.25, 0.3) is 0 Å². The van der Waals surface area contributed by atoms with E-state index in [2.05, 4.69) is 4.74 Å². The average molecular weight is 444 g/mol. The fourth-order valence-corrected chi connectivity index (χ4v) is 2.47. The molecule has 0 amide bonds. The predicted molar refractivity (Wildman–Crippen MR) is 117 cm³/mol. The van der Waals surface area contributed by atoms with Crippen LogP contribution in [0, 0.1) is 5.92 Å². The minimum absolute atomic E-state index is 0.325. The largest absolute Gasteiger partial charge is 0.480 e. The second-order valence-corrected chi connectivity index (χ2v) is 8.18. The van der Waals surface area contributed by atoms with E-state index in [0.717, 1.165) is 11.5 Å². The maximum atomic E-state index is 10.7. The van der Waals surface area contributed by atoms with E-state index in [0.29, 0.717) is 25.2 Å². The molecule has 0 unspecified atom stereocenters. The summed E-state index contributed by atoms with van der Waals surface area (Å²) in [6.07, 6.45) is 5.69. The van der Waals surface area contributed by atoms with E-state index < -0.39 is 30.1 Å². The van der Waals surface area contributed by atoms with Crippen LogP contribution in [0.15, 0.2) is 0 Å². The van der Waals surface area contributed by atoms with E-state index in [4.69, 9.17) is 27.4 Å². The highest BCUT2D eigenvalue weighted by Gasteiger charge is 2.12. The lowest BCUT2D eigenvalue weighted by Gasteiger charge is -2.07. The number of nitrogens with two attached hydrogens (primary N) is 3. The maximum Gasteiger partial charge on any atom is 0.322 e.